The summed E-state index contributed by atoms with van der Waals surface area (Å²) in [6.45, 7) is -8.10. The van der Waals surface area contributed by atoms with E-state index in [9.17, 15) is 117 Å². The second-order valence-corrected chi connectivity index (χ2v) is 27.6. The second kappa shape index (κ2) is 36.7. The summed E-state index contributed by atoms with van der Waals surface area (Å²) >= 11 is 0. The zero-order valence-electron chi connectivity index (χ0n) is 65.4. The highest BCUT2D eigenvalue weighted by molar-refractivity contribution is 6.12. The number of carbonyl (C=O) groups is 5. The van der Waals surface area contributed by atoms with Crippen LogP contribution in [-0.4, -0.2) is 353 Å². The van der Waals surface area contributed by atoms with Crippen LogP contribution >= 0.6 is 0 Å². The first-order valence-electron chi connectivity index (χ1n) is 35.8. The Balaban J connectivity index is 1.39. The molecular formula is C79H92O41. The molecule has 654 valence electrons. The molecule has 0 aromatic heterocycles. The molecule has 0 amide bonds. The van der Waals surface area contributed by atoms with Crippen LogP contribution in [0.25, 0.3) is 30.4 Å². The molecule has 21 N–H and O–H groups in total. The Morgan fingerprint density at radius 2 is 0.700 bits per heavy atom. The molecule has 4 aliphatic heterocycles. The Kier molecular flexibility index (Phi) is 28.5. The predicted octanol–water partition coefficient (Wildman–Crippen LogP) is -4.09. The number of phenols is 5. The summed E-state index contributed by atoms with van der Waals surface area (Å²) in [4.78, 5) is 77.4. The normalized spacial score (nSPS) is 30.5. The van der Waals surface area contributed by atoms with Crippen LogP contribution in [-0.2, 0) is 47.7 Å². The van der Waals surface area contributed by atoms with E-state index in [4.69, 9.17) is 71.1 Å². The fourth-order valence-electron chi connectivity index (χ4n) is 14.8. The molecule has 0 saturated carbocycles. The molecule has 20 atom stereocenters. The third kappa shape index (κ3) is 15.4. The van der Waals surface area contributed by atoms with E-state index in [1.165, 1.54) is 0 Å². The average Bonchev–Trinajstić information content (AvgIpc) is 1.54. The van der Waals surface area contributed by atoms with Gasteiger partial charge in [0.25, 0.3) is 0 Å². The number of ketones is 5. The van der Waals surface area contributed by atoms with Crippen LogP contribution < -0.4 is 47.4 Å². The number of aliphatic hydroxyl groups is 16. The smallest absolute Gasteiger partial charge is 0.244 e. The number of hydrogen-bond acceptors (Lipinski definition) is 41. The fourth-order valence-corrected chi connectivity index (χ4v) is 14.8. The molecule has 4 saturated heterocycles. The number of carbonyl (C=O) groups excluding carboxylic acids is 5. The lowest BCUT2D eigenvalue weighted by Crippen LogP contribution is -2.88. The highest BCUT2D eigenvalue weighted by atomic mass is 16.8. The minimum atomic E-state index is -4.93. The lowest BCUT2D eigenvalue weighted by Gasteiger charge is -2.63. The Morgan fingerprint density at radius 3 is 1.00 bits per heavy atom. The number of aliphatic hydroxyl groups excluding tert-OH is 12. The van der Waals surface area contributed by atoms with E-state index in [0.29, 0.717) is 24.3 Å². The molecule has 4 fully saturated rings. The van der Waals surface area contributed by atoms with Crippen LogP contribution in [0.3, 0.4) is 0 Å². The monoisotopic (exact) mass is 1700 g/mol. The van der Waals surface area contributed by atoms with Gasteiger partial charge in [0, 0.05) is 0 Å². The van der Waals surface area contributed by atoms with Crippen molar-refractivity contribution in [1.82, 2.24) is 0 Å². The summed E-state index contributed by atoms with van der Waals surface area (Å²) in [6, 6.07) is 10.6. The lowest BCUT2D eigenvalue weighted by atomic mass is 9.62. The number of benzene rings is 5. The van der Waals surface area contributed by atoms with Crippen molar-refractivity contribution in [3.8, 4) is 86.2 Å². The van der Waals surface area contributed by atoms with Gasteiger partial charge in [0.05, 0.1) is 97.5 Å². The standard InChI is InChI=1S/C79H92O41/c1-106-42-21-35(22-43(107-2)59(42)91)11-16-40(84)57(89)67-65(97)69(72(101)78(105,118-67)74(34-83)77(104,55(88)20-15-39-29-50(114-9)63(95)51(30-39)115-10)75(102,56(32-81)117-74)53(86)18-13-37-25-46(110-5)61(93)47(26-37)111-6)120-79(73(33-82)70(99)64(96)52(31-80)116-73)76(103,54(87)19-14-38-27-48(112-7)62(94)49(28-38)113-8)71(100)66(98)68(119-79)58(90)41(85)17-12-36-23-44(108-3)60(92)45(24-36)109-4/h11-30,52,56-58,64-72,80-83,89-105H,31-34H2,1-10H3/b16-11+,17-12+,18-13+,19-14+,20-15+/t52-,56-,57?,58?,64-,65-,66-,67-,68-,69+,70+,71+,72-,73?,74?,75-,76-,77-,78?,79?/m1/s1. The van der Waals surface area contributed by atoms with Gasteiger partial charge < -0.3 is 178 Å². The van der Waals surface area contributed by atoms with E-state index >= 15 is 14.4 Å². The van der Waals surface area contributed by atoms with E-state index in [2.05, 4.69) is 0 Å². The van der Waals surface area contributed by atoms with E-state index in [1.54, 1.807) is 0 Å². The third-order valence-electron chi connectivity index (χ3n) is 21.3. The van der Waals surface area contributed by atoms with Crippen LogP contribution in [0.1, 0.15) is 27.8 Å². The number of rotatable bonds is 35. The number of aromatic hydroxyl groups is 5. The molecule has 6 unspecified atom stereocenters. The lowest BCUT2D eigenvalue weighted by molar-refractivity contribution is -0.485. The number of methoxy groups -OCH3 is 10. The van der Waals surface area contributed by atoms with Crippen LogP contribution in [0.4, 0.5) is 0 Å². The minimum absolute atomic E-state index is 0.0799. The van der Waals surface area contributed by atoms with E-state index in [0.717, 1.165) is 156 Å². The van der Waals surface area contributed by atoms with E-state index < -0.39 is 215 Å². The van der Waals surface area contributed by atoms with Crippen molar-refractivity contribution in [2.45, 2.75) is 119 Å². The Bertz CT molecular complexity index is 4660. The maximum absolute atomic E-state index is 16.1. The van der Waals surface area contributed by atoms with Gasteiger partial charge >= 0.3 is 0 Å². The molecule has 5 aromatic rings. The molecule has 4 aliphatic rings. The van der Waals surface area contributed by atoms with Gasteiger partial charge in [-0.3, -0.25) is 24.0 Å². The van der Waals surface area contributed by atoms with E-state index in [-0.39, 0.29) is 86.0 Å². The van der Waals surface area contributed by atoms with Gasteiger partial charge in [-0.05, 0) is 119 Å². The van der Waals surface area contributed by atoms with Gasteiger partial charge in [0.2, 0.25) is 51.5 Å². The largest absolute Gasteiger partial charge is 0.502 e. The molecule has 5 aromatic carbocycles. The summed E-state index contributed by atoms with van der Waals surface area (Å²) in [5, 5.41) is 259. The average molecular weight is 1700 g/mol. The van der Waals surface area contributed by atoms with Crippen LogP contribution in [0.5, 0.6) is 86.2 Å². The highest BCUT2D eigenvalue weighted by Crippen LogP contribution is 2.60. The number of phenolic OH excluding ortho intramolecular Hbond substituents is 5. The molecule has 4 heterocycles. The van der Waals surface area contributed by atoms with Gasteiger partial charge in [-0.25, -0.2) is 0 Å². The quantitative estimate of drug-likeness (QED) is 0.0172. The minimum Gasteiger partial charge on any atom is -0.502 e. The van der Waals surface area contributed by atoms with Gasteiger partial charge in [-0.15, -0.1) is 0 Å². The fraction of sp³-hybridized carbons (Fsp3) is 0.430. The SMILES string of the molecule is COc1cc(/C=C/C(=O)C(O)[C@H]2OC(O[C@H]3[C@H](O)[C@@H](C(O)C(=O)/C=C/c4cc(OC)c(O)c(OC)c4)OC(O)(C4(CO)O[C@H](CO)[C@](O)(C(=O)/C=C/c5cc(OC)c(O)c(OC)c5)[C@@]4(O)C(=O)/C=C/c4cc(OC)c(O)c(OC)c4)[C@@H]3O)(C3(CO)O[C@H](CO)[C@@H](O)[C@@H]3O)[C@@](O)(C(=O)/C=C/c3cc(OC)c(O)c(OC)c3)[C@@H](O)[C@@H]2O)cc(OC)c1O. The zero-order valence-corrected chi connectivity index (χ0v) is 65.4. The van der Waals surface area contributed by atoms with Crippen molar-refractivity contribution in [3.63, 3.8) is 0 Å². The molecule has 0 aliphatic carbocycles. The maximum atomic E-state index is 16.1. The predicted molar refractivity (Wildman–Crippen MR) is 405 cm³/mol. The van der Waals surface area contributed by atoms with Gasteiger partial charge in [0.15, 0.2) is 103 Å². The van der Waals surface area contributed by atoms with Crippen molar-refractivity contribution >= 4 is 59.3 Å². The van der Waals surface area contributed by atoms with Crippen LogP contribution in [0.2, 0.25) is 0 Å². The summed E-state index contributed by atoms with van der Waals surface area (Å²) in [7, 11) is 10.9. The molecule has 41 nitrogen and oxygen atoms in total. The Morgan fingerprint density at radius 1 is 0.383 bits per heavy atom. The molecule has 0 bridgehead atoms. The van der Waals surface area contributed by atoms with Crippen molar-refractivity contribution in [2.24, 2.45) is 0 Å². The zero-order chi connectivity index (χ0) is 89.0. The van der Waals surface area contributed by atoms with Crippen molar-refractivity contribution in [3.05, 3.63) is 119 Å². The highest BCUT2D eigenvalue weighted by Gasteiger charge is 2.88. The summed E-state index contributed by atoms with van der Waals surface area (Å²) < 4.78 is 83.2. The topological polar surface area (TPSA) is 649 Å². The maximum Gasteiger partial charge on any atom is 0.244 e. The van der Waals surface area contributed by atoms with Gasteiger partial charge in [-0.1, -0.05) is 30.4 Å². The Hall–Kier alpha value is -10.7. The summed E-state index contributed by atoms with van der Waals surface area (Å²) in [6.07, 6.45) is -36.6. The molecule has 120 heavy (non-hydrogen) atoms. The van der Waals surface area contributed by atoms with Crippen molar-refractivity contribution in [1.29, 1.82) is 0 Å². The van der Waals surface area contributed by atoms with Gasteiger partial charge in [0.1, 0.15) is 79.4 Å². The first-order chi connectivity index (χ1) is 56.7. The van der Waals surface area contributed by atoms with Crippen LogP contribution in [0.15, 0.2) is 91.0 Å². The summed E-state index contributed by atoms with van der Waals surface area (Å²) in [5.41, 5.74) is -23.5. The van der Waals surface area contributed by atoms with Crippen molar-refractivity contribution < 1.29 is 202 Å². The van der Waals surface area contributed by atoms with Gasteiger partial charge in [-0.2, -0.15) is 0 Å². The summed E-state index contributed by atoms with van der Waals surface area (Å²) in [5.74, 6) is -26.0. The van der Waals surface area contributed by atoms with Crippen molar-refractivity contribution in [2.75, 3.05) is 97.5 Å². The Labute approximate surface area is 680 Å². The number of hydrogen-bond donors (Lipinski definition) is 21. The first kappa shape index (κ1) is 93.2. The second-order valence-electron chi connectivity index (χ2n) is 27.6. The molecule has 9 rings (SSSR count). The van der Waals surface area contributed by atoms with Crippen LogP contribution in [0, 0.1) is 0 Å². The molecule has 0 radical (unpaired) electrons. The molecular weight excluding hydrogens is 1600 g/mol. The third-order valence-corrected chi connectivity index (χ3v) is 21.3. The number of ether oxygens (including phenoxy) is 15. The van der Waals surface area contributed by atoms with E-state index in [1.807, 2.05) is 0 Å². The first-order valence-corrected chi connectivity index (χ1v) is 35.8. The molecule has 41 heteroatoms. The molecule has 0 spiro atoms.